The minimum atomic E-state index is -0.237. The number of aliphatic imine (C=N–C) groups is 1. The van der Waals surface area contributed by atoms with E-state index in [1.165, 1.54) is 0 Å². The molecule has 0 aromatic heterocycles. The second kappa shape index (κ2) is 13.6. The number of unbranched alkanes of at least 4 members (excludes halogenated alkanes) is 1. The van der Waals surface area contributed by atoms with E-state index in [0.717, 1.165) is 78.8 Å². The molecule has 0 bridgehead atoms. The molecule has 1 unspecified atom stereocenters. The number of carbonyl (C=O) groups is 1. The largest absolute Gasteiger partial charge is 0.494 e. The summed E-state index contributed by atoms with van der Waals surface area (Å²) in [5.41, 5.74) is 3.80. The highest BCUT2D eigenvalue weighted by Gasteiger charge is 2.19. The van der Waals surface area contributed by atoms with Crippen LogP contribution in [0.25, 0.3) is 0 Å². The van der Waals surface area contributed by atoms with Gasteiger partial charge >= 0.3 is 5.71 Å². The average molecular weight is 546 g/mol. The first-order chi connectivity index (χ1) is 17.5. The molecular weight excluding hydrogens is 505 g/mol. The van der Waals surface area contributed by atoms with Crippen LogP contribution in [-0.4, -0.2) is 61.0 Å². The number of ether oxygens (including phenoxy) is 2. The van der Waals surface area contributed by atoms with Gasteiger partial charge in [0.1, 0.15) is 5.75 Å². The second-order valence-electron chi connectivity index (χ2n) is 10.6. The number of aryl methyl sites for hydroxylation is 2. The van der Waals surface area contributed by atoms with Crippen molar-refractivity contribution in [3.8, 4) is 5.75 Å². The molecule has 3 rings (SSSR count). The van der Waals surface area contributed by atoms with Crippen LogP contribution in [0.3, 0.4) is 0 Å². The van der Waals surface area contributed by atoms with Crippen molar-refractivity contribution in [1.82, 2.24) is 4.90 Å². The summed E-state index contributed by atoms with van der Waals surface area (Å²) in [6.45, 7) is 17.6. The third-order valence-electron chi connectivity index (χ3n) is 6.20. The molecule has 8 heteroatoms. The smallest absolute Gasteiger partial charge is 0.329 e. The summed E-state index contributed by atoms with van der Waals surface area (Å²) in [4.78, 5) is 21.5. The molecule has 0 aliphatic carbocycles. The van der Waals surface area contributed by atoms with E-state index >= 15 is 0 Å². The number of benzene rings is 2. The van der Waals surface area contributed by atoms with Crippen molar-refractivity contribution in [3.63, 3.8) is 0 Å². The number of rotatable bonds is 9. The molecule has 0 N–H and O–H groups in total. The third kappa shape index (κ3) is 9.59. The first kappa shape index (κ1) is 29.4. The molecule has 37 heavy (non-hydrogen) atoms. The number of halogens is 1. The Kier molecular flexibility index (Phi) is 10.8. The first-order valence-electron chi connectivity index (χ1n) is 13.0. The summed E-state index contributed by atoms with van der Waals surface area (Å²) in [5.74, 6) is 1.13. The van der Waals surface area contributed by atoms with Gasteiger partial charge in [-0.25, -0.2) is 9.79 Å². The highest BCUT2D eigenvalue weighted by atomic mass is 35.5. The molecule has 202 valence electrons. The molecule has 0 radical (unpaired) electrons. The lowest BCUT2D eigenvalue weighted by atomic mass is 10.2. The molecule has 1 fully saturated rings. The zero-order valence-corrected chi connectivity index (χ0v) is 24.8. The quantitative estimate of drug-likeness (QED) is 0.140. The fourth-order valence-electron chi connectivity index (χ4n) is 4.17. The second-order valence-corrected chi connectivity index (χ2v) is 13.2. The van der Waals surface area contributed by atoms with Crippen molar-refractivity contribution in [2.75, 3.05) is 44.2 Å². The number of anilines is 1. The number of carbonyl (C=O) groups excluding carboxylic acids is 1. The molecule has 2 aromatic carbocycles. The van der Waals surface area contributed by atoms with Crippen LogP contribution < -0.4 is 9.64 Å². The van der Waals surface area contributed by atoms with Gasteiger partial charge in [-0.1, -0.05) is 50.6 Å². The summed E-state index contributed by atoms with van der Waals surface area (Å²) >= 11 is 6.52. The van der Waals surface area contributed by atoms with Crippen molar-refractivity contribution in [2.45, 2.75) is 59.5 Å². The summed E-state index contributed by atoms with van der Waals surface area (Å²) < 4.78 is 11.4. The Labute approximate surface area is 229 Å². The topological polar surface area (TPSA) is 54.4 Å². The van der Waals surface area contributed by atoms with Crippen LogP contribution in [0.1, 0.15) is 51.7 Å². The van der Waals surface area contributed by atoms with Crippen LogP contribution in [0.15, 0.2) is 41.4 Å². The van der Waals surface area contributed by atoms with Gasteiger partial charge in [-0.3, -0.25) is 4.90 Å². The molecule has 0 saturated carbocycles. The zero-order valence-electron chi connectivity index (χ0n) is 23.1. The lowest BCUT2D eigenvalue weighted by molar-refractivity contribution is 0.223. The molecule has 0 spiro atoms. The van der Waals surface area contributed by atoms with Crippen molar-refractivity contribution in [3.05, 3.63) is 52.5 Å². The highest BCUT2D eigenvalue weighted by molar-refractivity contribution is 7.58. The van der Waals surface area contributed by atoms with E-state index in [2.05, 4.69) is 39.9 Å². The van der Waals surface area contributed by atoms with Gasteiger partial charge in [0.15, 0.2) is 5.90 Å². The van der Waals surface area contributed by atoms with Gasteiger partial charge in [0, 0.05) is 47.7 Å². The van der Waals surface area contributed by atoms with Gasteiger partial charge in [0.2, 0.25) is 0 Å². The van der Waals surface area contributed by atoms with E-state index in [0.29, 0.717) is 12.5 Å². The van der Waals surface area contributed by atoms with Gasteiger partial charge in [0.25, 0.3) is 0 Å². The Balaban J connectivity index is 1.40. The molecule has 0 amide bonds. The molecule has 1 aliphatic heterocycles. The number of nitrogens with zero attached hydrogens (tertiary/aromatic N) is 3. The maximum absolute atomic E-state index is 12.1. The van der Waals surface area contributed by atoms with Crippen LogP contribution in [0, 0.1) is 13.8 Å². The predicted molar refractivity (Wildman–Crippen MR) is 158 cm³/mol. The fraction of sp³-hybridized carbons (Fsp3) is 0.517. The Morgan fingerprint density at radius 1 is 1.05 bits per heavy atom. The predicted octanol–water partition coefficient (Wildman–Crippen LogP) is 7.60. The molecular formula is C29H41ClN3O3P. The van der Waals surface area contributed by atoms with E-state index in [1.54, 1.807) is 6.92 Å². The van der Waals surface area contributed by atoms with Crippen LogP contribution in [0.2, 0.25) is 5.02 Å². The molecule has 1 atom stereocenters. The Morgan fingerprint density at radius 3 is 2.49 bits per heavy atom. The van der Waals surface area contributed by atoms with Crippen molar-refractivity contribution >= 4 is 43.2 Å². The molecule has 2 aromatic rings. The SMILES string of the molecule is CC(=Nc1cc(OCCCCN2CCN(c3cccc(C)c3Cl)CC2)ccc1C)OC(=O)PC(C)(C)C. The molecule has 1 aliphatic rings. The van der Waals surface area contributed by atoms with Gasteiger partial charge in [-0.15, -0.1) is 0 Å². The number of hydrogen-bond acceptors (Lipinski definition) is 6. The monoisotopic (exact) mass is 545 g/mol. The van der Waals surface area contributed by atoms with E-state index < -0.39 is 0 Å². The van der Waals surface area contributed by atoms with Crippen molar-refractivity contribution < 1.29 is 14.3 Å². The summed E-state index contributed by atoms with van der Waals surface area (Å²) in [5, 5.41) is 0.778. The zero-order chi connectivity index (χ0) is 27.0. The Hall–Kier alpha value is -2.14. The van der Waals surface area contributed by atoms with Crippen LogP contribution in [-0.2, 0) is 4.74 Å². The van der Waals surface area contributed by atoms with E-state index in [9.17, 15) is 4.79 Å². The summed E-state index contributed by atoms with van der Waals surface area (Å²) in [6, 6.07) is 12.1. The maximum Gasteiger partial charge on any atom is 0.329 e. The molecule has 1 heterocycles. The van der Waals surface area contributed by atoms with E-state index in [-0.39, 0.29) is 19.4 Å². The fourth-order valence-corrected chi connectivity index (χ4v) is 5.23. The van der Waals surface area contributed by atoms with Crippen molar-refractivity contribution in [2.24, 2.45) is 4.99 Å². The van der Waals surface area contributed by atoms with Crippen molar-refractivity contribution in [1.29, 1.82) is 0 Å². The standard InChI is InChI=1S/C29H41ClN3O3P/c1-21-12-13-24(20-25(21)31-23(3)36-28(34)37-29(4,5)6)35-19-8-7-14-32-15-17-33(18-16-32)26-11-9-10-22(2)27(26)30/h9-13,20,37H,7-8,14-19H2,1-6H3. The van der Waals surface area contributed by atoms with E-state index in [4.69, 9.17) is 21.1 Å². The lowest BCUT2D eigenvalue weighted by Gasteiger charge is -2.36. The Bertz CT molecular complexity index is 1090. The van der Waals surface area contributed by atoms with Gasteiger partial charge in [-0.05, 0) is 61.6 Å². The Morgan fingerprint density at radius 2 is 1.78 bits per heavy atom. The number of piperazine rings is 1. The molecule has 6 nitrogen and oxygen atoms in total. The highest BCUT2D eigenvalue weighted by Crippen LogP contribution is 2.33. The van der Waals surface area contributed by atoms with Gasteiger partial charge in [0.05, 0.1) is 23.0 Å². The average Bonchev–Trinajstić information content (AvgIpc) is 2.82. The van der Waals surface area contributed by atoms with Crippen LogP contribution in [0.4, 0.5) is 16.2 Å². The van der Waals surface area contributed by atoms with E-state index in [1.807, 2.05) is 45.9 Å². The normalized spacial score (nSPS) is 15.4. The lowest BCUT2D eigenvalue weighted by Crippen LogP contribution is -2.46. The summed E-state index contributed by atoms with van der Waals surface area (Å²) in [6.07, 6.45) is 2.08. The first-order valence-corrected chi connectivity index (χ1v) is 14.4. The maximum atomic E-state index is 12.1. The minimum absolute atomic E-state index is 0.0776. The number of hydrogen-bond donors (Lipinski definition) is 0. The van der Waals surface area contributed by atoms with Crippen LogP contribution in [0.5, 0.6) is 5.75 Å². The molecule has 1 saturated heterocycles. The minimum Gasteiger partial charge on any atom is -0.494 e. The van der Waals surface area contributed by atoms with Gasteiger partial charge in [-0.2, -0.15) is 0 Å². The third-order valence-corrected chi connectivity index (χ3v) is 7.75. The summed E-state index contributed by atoms with van der Waals surface area (Å²) in [7, 11) is 0.0776. The van der Waals surface area contributed by atoms with Gasteiger partial charge < -0.3 is 14.4 Å². The van der Waals surface area contributed by atoms with Crippen LogP contribution >= 0.6 is 20.2 Å².